The Labute approximate surface area is 210 Å². The number of carbonyl (C=O) groups excluding carboxylic acids is 1. The quantitative estimate of drug-likeness (QED) is 0.307. The van der Waals surface area contributed by atoms with Crippen molar-refractivity contribution in [2.24, 2.45) is 10.9 Å². The lowest BCUT2D eigenvalue weighted by atomic mass is 10.0. The number of carbonyl (C=O) groups is 1. The van der Waals surface area contributed by atoms with Crippen LogP contribution >= 0.6 is 24.0 Å². The maximum absolute atomic E-state index is 12.6. The van der Waals surface area contributed by atoms with Gasteiger partial charge in [-0.25, -0.2) is 0 Å². The summed E-state index contributed by atoms with van der Waals surface area (Å²) < 4.78 is 5.50. The van der Waals surface area contributed by atoms with Gasteiger partial charge in [-0.15, -0.1) is 24.0 Å². The molecule has 2 heterocycles. The Bertz CT molecular complexity index is 714. The number of guanidine groups is 1. The molecule has 7 nitrogen and oxygen atoms in total. The van der Waals surface area contributed by atoms with Crippen LogP contribution in [-0.4, -0.2) is 80.7 Å². The van der Waals surface area contributed by atoms with Crippen molar-refractivity contribution < 1.29 is 9.53 Å². The van der Waals surface area contributed by atoms with E-state index in [0.717, 1.165) is 75.9 Å². The van der Waals surface area contributed by atoms with Crippen LogP contribution in [0.4, 0.5) is 0 Å². The Morgan fingerprint density at radius 3 is 2.28 bits per heavy atom. The number of rotatable bonds is 7. The summed E-state index contributed by atoms with van der Waals surface area (Å²) >= 11 is 0. The highest BCUT2D eigenvalue weighted by molar-refractivity contribution is 14.0. The number of hydrogen-bond donors (Lipinski definition) is 2. The van der Waals surface area contributed by atoms with Gasteiger partial charge in [-0.2, -0.15) is 0 Å². The zero-order valence-electron chi connectivity index (χ0n) is 19.8. The first-order valence-electron chi connectivity index (χ1n) is 11.7. The van der Waals surface area contributed by atoms with Gasteiger partial charge in [0.1, 0.15) is 0 Å². The van der Waals surface area contributed by atoms with Crippen LogP contribution in [0.15, 0.2) is 29.3 Å². The molecule has 32 heavy (non-hydrogen) atoms. The third-order valence-corrected chi connectivity index (χ3v) is 6.29. The minimum Gasteiger partial charge on any atom is -0.379 e. The van der Waals surface area contributed by atoms with Gasteiger partial charge in [-0.3, -0.25) is 14.7 Å². The summed E-state index contributed by atoms with van der Waals surface area (Å²) in [6, 6.07) is 8.39. The second kappa shape index (κ2) is 14.0. The third kappa shape index (κ3) is 7.88. The maximum atomic E-state index is 12.6. The smallest absolute Gasteiger partial charge is 0.253 e. The fourth-order valence-corrected chi connectivity index (χ4v) is 4.35. The van der Waals surface area contributed by atoms with Gasteiger partial charge < -0.3 is 20.3 Å². The highest BCUT2D eigenvalue weighted by Gasteiger charge is 2.24. The Balaban J connectivity index is 0.00000363. The van der Waals surface area contributed by atoms with Crippen molar-refractivity contribution in [3.05, 3.63) is 35.4 Å². The highest BCUT2D eigenvalue weighted by Crippen LogP contribution is 2.14. The molecule has 2 fully saturated rings. The molecule has 0 aromatic heterocycles. The number of ether oxygens (including phenoxy) is 1. The molecule has 1 aromatic carbocycles. The van der Waals surface area contributed by atoms with E-state index >= 15 is 0 Å². The van der Waals surface area contributed by atoms with Crippen molar-refractivity contribution in [2.45, 2.75) is 45.7 Å². The van der Waals surface area contributed by atoms with Gasteiger partial charge in [0.15, 0.2) is 5.96 Å². The molecule has 8 heteroatoms. The first-order valence-corrected chi connectivity index (χ1v) is 11.7. The lowest BCUT2D eigenvalue weighted by Crippen LogP contribution is -2.52. The summed E-state index contributed by atoms with van der Waals surface area (Å²) in [5, 5.41) is 6.88. The van der Waals surface area contributed by atoms with Gasteiger partial charge in [0.2, 0.25) is 0 Å². The number of nitrogens with zero attached hydrogens (tertiary/aromatic N) is 3. The summed E-state index contributed by atoms with van der Waals surface area (Å²) in [6.07, 6.45) is 3.46. The Kier molecular flexibility index (Phi) is 11.7. The van der Waals surface area contributed by atoms with E-state index < -0.39 is 0 Å². The lowest BCUT2D eigenvalue weighted by Gasteiger charge is -2.37. The number of amides is 1. The van der Waals surface area contributed by atoms with E-state index in [1.54, 1.807) is 7.05 Å². The molecular weight excluding hydrogens is 517 g/mol. The largest absolute Gasteiger partial charge is 0.379 e. The minimum atomic E-state index is 0. The summed E-state index contributed by atoms with van der Waals surface area (Å²) in [5.74, 6) is 1.50. The van der Waals surface area contributed by atoms with Crippen LogP contribution in [0, 0.1) is 5.92 Å². The average Bonchev–Trinajstić information content (AvgIpc) is 2.82. The normalized spacial score (nSPS) is 18.8. The molecule has 0 radical (unpaired) electrons. The lowest BCUT2D eigenvalue weighted by molar-refractivity contribution is 0.00752. The zero-order valence-corrected chi connectivity index (χ0v) is 22.1. The van der Waals surface area contributed by atoms with Gasteiger partial charge in [0, 0.05) is 57.9 Å². The van der Waals surface area contributed by atoms with E-state index in [1.165, 1.54) is 6.42 Å². The predicted octanol–water partition coefficient (Wildman–Crippen LogP) is 2.95. The Hall–Kier alpha value is -1.39. The molecule has 0 saturated carbocycles. The predicted molar refractivity (Wildman–Crippen MR) is 141 cm³/mol. The average molecular weight is 558 g/mol. The first kappa shape index (κ1) is 26.9. The maximum Gasteiger partial charge on any atom is 0.253 e. The first-order chi connectivity index (χ1) is 15.1. The molecule has 1 atom stereocenters. The van der Waals surface area contributed by atoms with Gasteiger partial charge in [-0.05, 0) is 42.9 Å². The van der Waals surface area contributed by atoms with Gasteiger partial charge in [0.05, 0.1) is 13.2 Å². The molecule has 3 rings (SSSR count). The van der Waals surface area contributed by atoms with Crippen LogP contribution in [0.2, 0.25) is 0 Å². The standard InChI is InChI=1S/C24H39N5O2.HI/c1-19(2)22(28-13-15-31-16-14-28)18-27-24(25-3)26-17-20-7-9-21(10-8-20)23(30)29-11-5-4-6-12-29;/h7-10,19,22H,4-6,11-18H2,1-3H3,(H2,25,26,27);1H. The molecular formula is C24H40IN5O2. The van der Waals surface area contributed by atoms with Crippen molar-refractivity contribution in [1.29, 1.82) is 0 Å². The van der Waals surface area contributed by atoms with E-state index in [9.17, 15) is 4.79 Å². The topological polar surface area (TPSA) is 69.2 Å². The molecule has 2 saturated heterocycles. The number of aliphatic imine (C=N–C) groups is 1. The number of morpholine rings is 1. The number of halogens is 1. The zero-order chi connectivity index (χ0) is 22.1. The van der Waals surface area contributed by atoms with Crippen LogP contribution in [0.1, 0.15) is 49.0 Å². The molecule has 0 aliphatic carbocycles. The number of hydrogen-bond acceptors (Lipinski definition) is 4. The van der Waals surface area contributed by atoms with Crippen LogP contribution in [0.5, 0.6) is 0 Å². The Morgan fingerprint density at radius 1 is 1.03 bits per heavy atom. The van der Waals surface area contributed by atoms with Gasteiger partial charge >= 0.3 is 0 Å². The molecule has 1 amide bonds. The fraction of sp³-hybridized carbons (Fsp3) is 0.667. The summed E-state index contributed by atoms with van der Waals surface area (Å²) in [7, 11) is 1.80. The molecule has 1 unspecified atom stereocenters. The van der Waals surface area contributed by atoms with E-state index in [1.807, 2.05) is 29.2 Å². The van der Waals surface area contributed by atoms with E-state index in [2.05, 4.69) is 34.4 Å². The summed E-state index contributed by atoms with van der Waals surface area (Å²) in [4.78, 5) is 21.5. The SMILES string of the molecule is CN=C(NCc1ccc(C(=O)N2CCCCC2)cc1)NCC(C(C)C)N1CCOCC1.I. The molecule has 0 spiro atoms. The van der Waals surface area contributed by atoms with Crippen molar-refractivity contribution in [1.82, 2.24) is 20.4 Å². The van der Waals surface area contributed by atoms with E-state index in [4.69, 9.17) is 4.74 Å². The second-order valence-corrected chi connectivity index (χ2v) is 8.82. The molecule has 0 bridgehead atoms. The monoisotopic (exact) mass is 557 g/mol. The third-order valence-electron chi connectivity index (χ3n) is 6.29. The molecule has 2 N–H and O–H groups in total. The van der Waals surface area contributed by atoms with Crippen LogP contribution in [0.3, 0.4) is 0 Å². The number of likely N-dealkylation sites (tertiary alicyclic amines) is 1. The van der Waals surface area contributed by atoms with Crippen LogP contribution in [-0.2, 0) is 11.3 Å². The highest BCUT2D eigenvalue weighted by atomic mass is 127. The van der Waals surface area contributed by atoms with Crippen molar-refractivity contribution >= 4 is 35.8 Å². The van der Waals surface area contributed by atoms with E-state index in [0.29, 0.717) is 18.5 Å². The van der Waals surface area contributed by atoms with Gasteiger partial charge in [-0.1, -0.05) is 26.0 Å². The number of benzene rings is 1. The van der Waals surface area contributed by atoms with Gasteiger partial charge in [0.25, 0.3) is 5.91 Å². The van der Waals surface area contributed by atoms with Crippen molar-refractivity contribution in [3.8, 4) is 0 Å². The molecule has 180 valence electrons. The van der Waals surface area contributed by atoms with Crippen LogP contribution in [0.25, 0.3) is 0 Å². The minimum absolute atomic E-state index is 0. The Morgan fingerprint density at radius 2 is 1.69 bits per heavy atom. The van der Waals surface area contributed by atoms with Crippen molar-refractivity contribution in [2.75, 3.05) is 53.0 Å². The summed E-state index contributed by atoms with van der Waals surface area (Å²) in [6.45, 7) is 11.4. The second-order valence-electron chi connectivity index (χ2n) is 8.82. The van der Waals surface area contributed by atoms with Crippen LogP contribution < -0.4 is 10.6 Å². The fourth-order valence-electron chi connectivity index (χ4n) is 4.35. The number of piperidine rings is 1. The number of nitrogens with one attached hydrogen (secondary N) is 2. The summed E-state index contributed by atoms with van der Waals surface area (Å²) in [5.41, 5.74) is 1.91. The van der Waals surface area contributed by atoms with Crippen molar-refractivity contribution in [3.63, 3.8) is 0 Å². The molecule has 2 aliphatic rings. The van der Waals surface area contributed by atoms with E-state index in [-0.39, 0.29) is 29.9 Å². The molecule has 1 aromatic rings. The molecule has 2 aliphatic heterocycles.